The van der Waals surface area contributed by atoms with Crippen molar-refractivity contribution in [3.05, 3.63) is 58.6 Å². The highest BCUT2D eigenvalue weighted by molar-refractivity contribution is 7.92. The topological polar surface area (TPSA) is 66.5 Å². The molecule has 2 rings (SSSR count). The highest BCUT2D eigenvalue weighted by atomic mass is 35.5. The average molecular weight is 449 g/mol. The van der Waals surface area contributed by atoms with Crippen LogP contribution in [0.15, 0.2) is 42.5 Å². The number of carbonyl (C=O) groups excluding carboxylic acids is 1. The van der Waals surface area contributed by atoms with E-state index in [1.807, 2.05) is 0 Å². The molecule has 0 heterocycles. The van der Waals surface area contributed by atoms with Gasteiger partial charge in [0.05, 0.1) is 17.5 Å². The minimum absolute atomic E-state index is 0.122. The monoisotopic (exact) mass is 448 g/mol. The second-order valence-corrected chi connectivity index (χ2v) is 8.75. The van der Waals surface area contributed by atoms with Crippen molar-refractivity contribution in [2.24, 2.45) is 0 Å². The van der Waals surface area contributed by atoms with Crippen LogP contribution in [0.25, 0.3) is 0 Å². The molecule has 0 saturated heterocycles. The molecule has 0 fully saturated rings. The molecule has 5 nitrogen and oxygen atoms in total. The van der Waals surface area contributed by atoms with E-state index in [1.165, 1.54) is 12.1 Å². The molecule has 1 N–H and O–H groups in total. The number of nitrogens with one attached hydrogen (secondary N) is 1. The lowest BCUT2D eigenvalue weighted by atomic mass is 10.1. The van der Waals surface area contributed by atoms with Crippen LogP contribution in [-0.4, -0.2) is 26.6 Å². The maximum absolute atomic E-state index is 12.8. The van der Waals surface area contributed by atoms with E-state index in [9.17, 15) is 26.4 Å². The lowest BCUT2D eigenvalue weighted by Gasteiger charge is -2.30. The van der Waals surface area contributed by atoms with Gasteiger partial charge in [0.2, 0.25) is 15.9 Å². The molecule has 0 aliphatic carbocycles. The number of halogens is 4. The molecule has 29 heavy (non-hydrogen) atoms. The second kappa shape index (κ2) is 8.62. The van der Waals surface area contributed by atoms with Gasteiger partial charge in [-0.2, -0.15) is 13.2 Å². The van der Waals surface area contributed by atoms with Crippen LogP contribution in [0.5, 0.6) is 0 Å². The van der Waals surface area contributed by atoms with E-state index in [2.05, 4.69) is 5.32 Å². The summed E-state index contributed by atoms with van der Waals surface area (Å²) in [7, 11) is -3.86. The lowest BCUT2D eigenvalue weighted by Crippen LogP contribution is -2.47. The first-order chi connectivity index (χ1) is 13.3. The third-order valence-corrected chi connectivity index (χ3v) is 5.81. The normalized spacial score (nSPS) is 13.1. The first-order valence-electron chi connectivity index (χ1n) is 8.58. The Morgan fingerprint density at radius 1 is 1.17 bits per heavy atom. The SMILES string of the molecule is CC[C@H](C(=O)Nc1ccc(C(F)(F)F)cc1)N(c1ccc(C)c(Cl)c1)S(C)(=O)=O. The molecule has 158 valence electrons. The van der Waals surface area contributed by atoms with E-state index in [0.717, 1.165) is 40.4 Å². The molecule has 2 aromatic rings. The van der Waals surface area contributed by atoms with Gasteiger partial charge in [0.25, 0.3) is 0 Å². The Hall–Kier alpha value is -2.26. The number of benzene rings is 2. The third-order valence-electron chi connectivity index (χ3n) is 4.22. The van der Waals surface area contributed by atoms with Crippen LogP contribution in [0.1, 0.15) is 24.5 Å². The number of rotatable bonds is 6. The number of sulfonamides is 1. The highest BCUT2D eigenvalue weighted by Crippen LogP contribution is 2.31. The number of nitrogens with zero attached hydrogens (tertiary/aromatic N) is 1. The van der Waals surface area contributed by atoms with Crippen LogP contribution in [0.4, 0.5) is 24.5 Å². The molecular formula is C19H20ClF3N2O3S. The molecule has 0 bridgehead atoms. The summed E-state index contributed by atoms with van der Waals surface area (Å²) in [6, 6.07) is 7.40. The number of hydrogen-bond acceptors (Lipinski definition) is 3. The smallest absolute Gasteiger partial charge is 0.324 e. The van der Waals surface area contributed by atoms with E-state index in [1.54, 1.807) is 19.9 Å². The Morgan fingerprint density at radius 3 is 2.21 bits per heavy atom. The van der Waals surface area contributed by atoms with Crippen molar-refractivity contribution in [3.8, 4) is 0 Å². The summed E-state index contributed by atoms with van der Waals surface area (Å²) in [5.74, 6) is -0.672. The maximum Gasteiger partial charge on any atom is 0.416 e. The molecule has 10 heteroatoms. The average Bonchev–Trinajstić information content (AvgIpc) is 2.60. The molecule has 0 radical (unpaired) electrons. The first kappa shape index (κ1) is 23.0. The summed E-state index contributed by atoms with van der Waals surface area (Å²) >= 11 is 6.10. The number of amides is 1. The minimum atomic E-state index is -4.49. The van der Waals surface area contributed by atoms with Gasteiger partial charge >= 0.3 is 6.18 Å². The fraction of sp³-hybridized carbons (Fsp3) is 0.316. The summed E-state index contributed by atoms with van der Waals surface area (Å²) in [6.07, 6.45) is -3.40. The van der Waals surface area contributed by atoms with Gasteiger partial charge in [-0.25, -0.2) is 8.42 Å². The van der Waals surface area contributed by atoms with Gasteiger partial charge in [-0.1, -0.05) is 24.6 Å². The van der Waals surface area contributed by atoms with Crippen LogP contribution in [0.3, 0.4) is 0 Å². The predicted molar refractivity (Wildman–Crippen MR) is 108 cm³/mol. The van der Waals surface area contributed by atoms with E-state index >= 15 is 0 Å². The molecule has 1 atom stereocenters. The highest BCUT2D eigenvalue weighted by Gasteiger charge is 2.33. The predicted octanol–water partition coefficient (Wildman–Crippen LogP) is 4.85. The zero-order valence-electron chi connectivity index (χ0n) is 15.9. The Balaban J connectivity index is 2.34. The summed E-state index contributed by atoms with van der Waals surface area (Å²) < 4.78 is 63.8. The Morgan fingerprint density at radius 2 is 1.76 bits per heavy atom. The summed E-state index contributed by atoms with van der Waals surface area (Å²) in [5.41, 5.74) is 0.232. The van der Waals surface area contributed by atoms with Crippen LogP contribution in [-0.2, 0) is 21.0 Å². The lowest BCUT2D eigenvalue weighted by molar-refractivity contribution is -0.137. The number of alkyl halides is 3. The van der Waals surface area contributed by atoms with E-state index < -0.39 is 33.7 Å². The zero-order chi connectivity index (χ0) is 22.0. The second-order valence-electron chi connectivity index (χ2n) is 6.48. The largest absolute Gasteiger partial charge is 0.416 e. The van der Waals surface area contributed by atoms with Crippen molar-refractivity contribution in [2.45, 2.75) is 32.5 Å². The molecule has 0 aliphatic rings. The van der Waals surface area contributed by atoms with Gasteiger partial charge in [0.1, 0.15) is 6.04 Å². The number of anilines is 2. The quantitative estimate of drug-likeness (QED) is 0.687. The summed E-state index contributed by atoms with van der Waals surface area (Å²) in [5, 5.41) is 2.82. The number of hydrogen-bond donors (Lipinski definition) is 1. The molecular weight excluding hydrogens is 429 g/mol. The third kappa shape index (κ3) is 5.63. The van der Waals surface area contributed by atoms with Crippen molar-refractivity contribution in [1.82, 2.24) is 0 Å². The zero-order valence-corrected chi connectivity index (χ0v) is 17.5. The van der Waals surface area contributed by atoms with Gasteiger partial charge in [-0.15, -0.1) is 0 Å². The summed E-state index contributed by atoms with van der Waals surface area (Å²) in [6.45, 7) is 3.39. The summed E-state index contributed by atoms with van der Waals surface area (Å²) in [4.78, 5) is 12.8. The van der Waals surface area contributed by atoms with Crippen LogP contribution in [0.2, 0.25) is 5.02 Å². The van der Waals surface area contributed by atoms with Gasteiger partial charge in [0, 0.05) is 10.7 Å². The minimum Gasteiger partial charge on any atom is -0.324 e. The molecule has 0 saturated carbocycles. The van der Waals surface area contributed by atoms with Crippen molar-refractivity contribution >= 4 is 38.9 Å². The van der Waals surface area contributed by atoms with Crippen molar-refractivity contribution in [2.75, 3.05) is 15.9 Å². The van der Waals surface area contributed by atoms with Gasteiger partial charge in [-0.3, -0.25) is 9.10 Å². The van der Waals surface area contributed by atoms with Crippen LogP contribution >= 0.6 is 11.6 Å². The Bertz CT molecular complexity index is 993. The molecule has 1 amide bonds. The molecule has 0 unspecified atom stereocenters. The maximum atomic E-state index is 12.8. The van der Waals surface area contributed by atoms with E-state index in [-0.39, 0.29) is 17.8 Å². The number of carbonyl (C=O) groups is 1. The van der Waals surface area contributed by atoms with Crippen molar-refractivity contribution in [3.63, 3.8) is 0 Å². The molecule has 0 aliphatic heterocycles. The molecule has 0 aromatic heterocycles. The Labute approximate surface area is 172 Å². The van der Waals surface area contributed by atoms with Gasteiger partial charge < -0.3 is 5.32 Å². The molecule has 0 spiro atoms. The fourth-order valence-electron chi connectivity index (χ4n) is 2.75. The van der Waals surface area contributed by atoms with Crippen molar-refractivity contribution < 1.29 is 26.4 Å². The number of aryl methyl sites for hydroxylation is 1. The van der Waals surface area contributed by atoms with Crippen LogP contribution < -0.4 is 9.62 Å². The van der Waals surface area contributed by atoms with Crippen molar-refractivity contribution in [1.29, 1.82) is 0 Å². The van der Waals surface area contributed by atoms with E-state index in [4.69, 9.17) is 11.6 Å². The van der Waals surface area contributed by atoms with Crippen LogP contribution in [0, 0.1) is 6.92 Å². The first-order valence-corrected chi connectivity index (χ1v) is 10.8. The van der Waals surface area contributed by atoms with Gasteiger partial charge in [0.15, 0.2) is 0 Å². The standard InChI is InChI=1S/C19H20ClF3N2O3S/c1-4-17(18(26)24-14-8-6-13(7-9-14)19(21,22)23)25(29(3,27)28)15-10-5-12(2)16(20)11-15/h5-11,17H,4H2,1-3H3,(H,24,26)/t17-/m1/s1. The fourth-order valence-corrected chi connectivity index (χ4v) is 4.13. The molecule has 2 aromatic carbocycles. The Kier molecular flexibility index (Phi) is 6.85. The van der Waals surface area contributed by atoms with Gasteiger partial charge in [-0.05, 0) is 55.3 Å². The van der Waals surface area contributed by atoms with E-state index in [0.29, 0.717) is 5.02 Å².